The van der Waals surface area contributed by atoms with Gasteiger partial charge >= 0.3 is 0 Å². The number of halogens is 3. The molecule has 0 aliphatic rings. The fourth-order valence-electron chi connectivity index (χ4n) is 1.45. The molecular formula is C13H18ClF2N3O2. The molecule has 2 amide bonds. The van der Waals surface area contributed by atoms with Crippen molar-refractivity contribution in [2.45, 2.75) is 6.92 Å². The maximum absolute atomic E-state index is 13.3. The van der Waals surface area contributed by atoms with Gasteiger partial charge in [0.15, 0.2) is 0 Å². The molecule has 0 aliphatic carbocycles. The summed E-state index contributed by atoms with van der Waals surface area (Å²) < 4.78 is 26.6. The van der Waals surface area contributed by atoms with Crippen LogP contribution in [0.3, 0.4) is 0 Å². The van der Waals surface area contributed by atoms with E-state index in [9.17, 15) is 18.4 Å². The molecule has 1 aromatic rings. The van der Waals surface area contributed by atoms with Gasteiger partial charge < -0.3 is 16.4 Å². The zero-order valence-corrected chi connectivity index (χ0v) is 12.3. The number of rotatable bonds is 6. The topological polar surface area (TPSA) is 84.2 Å². The summed E-state index contributed by atoms with van der Waals surface area (Å²) in [6.45, 7) is 2.11. The third kappa shape index (κ3) is 5.65. The number of hydrogen-bond acceptors (Lipinski definition) is 3. The van der Waals surface area contributed by atoms with Crippen molar-refractivity contribution in [3.8, 4) is 0 Å². The molecule has 0 bridgehead atoms. The van der Waals surface area contributed by atoms with E-state index >= 15 is 0 Å². The number of carbonyl (C=O) groups excluding carboxylic acids is 2. The van der Waals surface area contributed by atoms with Crippen molar-refractivity contribution < 1.29 is 18.4 Å². The van der Waals surface area contributed by atoms with Crippen LogP contribution < -0.4 is 16.4 Å². The predicted octanol–water partition coefficient (Wildman–Crippen LogP) is 0.827. The first-order chi connectivity index (χ1) is 9.47. The molecule has 0 saturated heterocycles. The minimum atomic E-state index is -0.928. The summed E-state index contributed by atoms with van der Waals surface area (Å²) in [6.07, 6.45) is 0. The lowest BCUT2D eigenvalue weighted by molar-refractivity contribution is -0.124. The lowest BCUT2D eigenvalue weighted by Gasteiger charge is -2.11. The Hall–Kier alpha value is -1.73. The van der Waals surface area contributed by atoms with Crippen LogP contribution in [0.1, 0.15) is 17.3 Å². The number of hydrogen-bond donors (Lipinski definition) is 3. The molecule has 0 heterocycles. The van der Waals surface area contributed by atoms with E-state index in [0.29, 0.717) is 0 Å². The highest BCUT2D eigenvalue weighted by atomic mass is 35.5. The third-order valence-electron chi connectivity index (χ3n) is 2.70. The second-order valence-corrected chi connectivity index (χ2v) is 4.28. The van der Waals surface area contributed by atoms with Crippen LogP contribution in [0, 0.1) is 17.6 Å². The minimum Gasteiger partial charge on any atom is -0.354 e. The molecule has 1 aromatic carbocycles. The highest BCUT2D eigenvalue weighted by Crippen LogP contribution is 2.11. The van der Waals surface area contributed by atoms with Crippen LogP contribution in [0.5, 0.6) is 0 Å². The Morgan fingerprint density at radius 2 is 1.71 bits per heavy atom. The highest BCUT2D eigenvalue weighted by molar-refractivity contribution is 5.94. The van der Waals surface area contributed by atoms with Gasteiger partial charge in [0, 0.05) is 25.6 Å². The Morgan fingerprint density at radius 3 is 2.24 bits per heavy atom. The van der Waals surface area contributed by atoms with Gasteiger partial charge in [-0.15, -0.1) is 12.4 Å². The van der Waals surface area contributed by atoms with Crippen LogP contribution in [0.25, 0.3) is 0 Å². The van der Waals surface area contributed by atoms with Crippen molar-refractivity contribution in [1.82, 2.24) is 10.6 Å². The van der Waals surface area contributed by atoms with Gasteiger partial charge in [0.05, 0.1) is 0 Å². The molecule has 0 aliphatic heterocycles. The van der Waals surface area contributed by atoms with Crippen molar-refractivity contribution in [2.24, 2.45) is 11.7 Å². The van der Waals surface area contributed by atoms with Crippen LogP contribution in [-0.4, -0.2) is 31.4 Å². The van der Waals surface area contributed by atoms with E-state index in [0.717, 1.165) is 12.1 Å². The van der Waals surface area contributed by atoms with Crippen molar-refractivity contribution in [1.29, 1.82) is 0 Å². The standard InChI is InChI=1S/C13H17F2N3O2.ClH/c1-8(7-16)12(19)17-5-6-18-13(20)11-9(14)3-2-4-10(11)15;/h2-4,8H,5-7,16H2,1H3,(H,17,19)(H,18,20);1H. The summed E-state index contributed by atoms with van der Waals surface area (Å²) in [4.78, 5) is 23.0. The van der Waals surface area contributed by atoms with Gasteiger partial charge in [-0.3, -0.25) is 9.59 Å². The van der Waals surface area contributed by atoms with Crippen molar-refractivity contribution in [2.75, 3.05) is 19.6 Å². The fourth-order valence-corrected chi connectivity index (χ4v) is 1.45. The first kappa shape index (κ1) is 19.3. The second-order valence-electron chi connectivity index (χ2n) is 4.28. The zero-order chi connectivity index (χ0) is 15.1. The number of amides is 2. The summed E-state index contributed by atoms with van der Waals surface area (Å²) in [5, 5.41) is 4.88. The van der Waals surface area contributed by atoms with Crippen LogP contribution in [0.4, 0.5) is 8.78 Å². The molecule has 0 saturated carbocycles. The summed E-state index contributed by atoms with van der Waals surface area (Å²) in [7, 11) is 0. The number of nitrogens with two attached hydrogens (primary N) is 1. The first-order valence-corrected chi connectivity index (χ1v) is 6.17. The SMILES string of the molecule is CC(CN)C(=O)NCCNC(=O)c1c(F)cccc1F.Cl. The Kier molecular flexibility index (Phi) is 8.49. The van der Waals surface area contributed by atoms with E-state index in [1.165, 1.54) is 6.07 Å². The maximum atomic E-state index is 13.3. The Bertz CT molecular complexity index is 480. The maximum Gasteiger partial charge on any atom is 0.257 e. The Balaban J connectivity index is 0.00000400. The Labute approximate surface area is 127 Å². The second kappa shape index (κ2) is 9.25. The average molecular weight is 322 g/mol. The van der Waals surface area contributed by atoms with E-state index in [1.54, 1.807) is 6.92 Å². The summed E-state index contributed by atoms with van der Waals surface area (Å²) in [6, 6.07) is 3.18. The van der Waals surface area contributed by atoms with E-state index in [-0.39, 0.29) is 43.9 Å². The van der Waals surface area contributed by atoms with Gasteiger partial charge in [-0.2, -0.15) is 0 Å². The molecular weight excluding hydrogens is 304 g/mol. The molecule has 1 rings (SSSR count). The molecule has 4 N–H and O–H groups in total. The zero-order valence-electron chi connectivity index (χ0n) is 11.5. The normalized spacial score (nSPS) is 11.2. The molecule has 0 spiro atoms. The van der Waals surface area contributed by atoms with Crippen LogP contribution in [0.2, 0.25) is 0 Å². The van der Waals surface area contributed by atoms with Gasteiger partial charge in [-0.05, 0) is 12.1 Å². The van der Waals surface area contributed by atoms with Gasteiger partial charge in [0.2, 0.25) is 5.91 Å². The highest BCUT2D eigenvalue weighted by Gasteiger charge is 2.16. The van der Waals surface area contributed by atoms with E-state index in [1.807, 2.05) is 0 Å². The third-order valence-corrected chi connectivity index (χ3v) is 2.70. The van der Waals surface area contributed by atoms with Crippen LogP contribution >= 0.6 is 12.4 Å². The largest absolute Gasteiger partial charge is 0.354 e. The summed E-state index contributed by atoms with van der Waals surface area (Å²) in [5.41, 5.74) is 4.69. The molecule has 118 valence electrons. The van der Waals surface area contributed by atoms with E-state index < -0.39 is 23.1 Å². The van der Waals surface area contributed by atoms with Crippen LogP contribution in [0.15, 0.2) is 18.2 Å². The fraction of sp³-hybridized carbons (Fsp3) is 0.385. The molecule has 5 nitrogen and oxygen atoms in total. The van der Waals surface area contributed by atoms with Crippen LogP contribution in [-0.2, 0) is 4.79 Å². The van der Waals surface area contributed by atoms with Gasteiger partial charge in [-0.25, -0.2) is 8.78 Å². The number of carbonyl (C=O) groups is 2. The van der Waals surface area contributed by atoms with Gasteiger partial charge in [0.25, 0.3) is 5.91 Å². The molecule has 0 fully saturated rings. The van der Waals surface area contributed by atoms with E-state index in [4.69, 9.17) is 5.73 Å². The predicted molar refractivity (Wildman–Crippen MR) is 77.2 cm³/mol. The lowest BCUT2D eigenvalue weighted by Crippen LogP contribution is -2.39. The minimum absolute atomic E-state index is 0. The van der Waals surface area contributed by atoms with Gasteiger partial charge in [-0.1, -0.05) is 13.0 Å². The van der Waals surface area contributed by atoms with Gasteiger partial charge in [0.1, 0.15) is 17.2 Å². The monoisotopic (exact) mass is 321 g/mol. The quantitative estimate of drug-likeness (QED) is 0.678. The molecule has 0 aromatic heterocycles. The van der Waals surface area contributed by atoms with Crippen molar-refractivity contribution >= 4 is 24.2 Å². The lowest BCUT2D eigenvalue weighted by atomic mass is 10.1. The average Bonchev–Trinajstić information content (AvgIpc) is 2.42. The number of nitrogens with one attached hydrogen (secondary N) is 2. The smallest absolute Gasteiger partial charge is 0.257 e. The van der Waals surface area contributed by atoms with E-state index in [2.05, 4.69) is 10.6 Å². The molecule has 0 radical (unpaired) electrons. The summed E-state index contributed by atoms with van der Waals surface area (Å²) >= 11 is 0. The molecule has 1 atom stereocenters. The first-order valence-electron chi connectivity index (χ1n) is 6.17. The Morgan fingerprint density at radius 1 is 1.19 bits per heavy atom. The van der Waals surface area contributed by atoms with Crippen molar-refractivity contribution in [3.63, 3.8) is 0 Å². The molecule has 8 heteroatoms. The number of benzene rings is 1. The molecule has 21 heavy (non-hydrogen) atoms. The molecule has 1 unspecified atom stereocenters. The summed E-state index contributed by atoms with van der Waals surface area (Å²) in [5.74, 6) is -3.28. The van der Waals surface area contributed by atoms with Crippen molar-refractivity contribution in [3.05, 3.63) is 35.4 Å².